The maximum absolute atomic E-state index is 11.5. The zero-order valence-corrected chi connectivity index (χ0v) is 17.2. The van der Waals surface area contributed by atoms with E-state index in [1.54, 1.807) is 88.4 Å². The lowest BCUT2D eigenvalue weighted by Crippen LogP contribution is -2.17. The van der Waals surface area contributed by atoms with Gasteiger partial charge in [-0.3, -0.25) is 0 Å². The predicted octanol–water partition coefficient (Wildman–Crippen LogP) is 4.66. The molecular weight excluding hydrogens is 384 g/mol. The van der Waals surface area contributed by atoms with Crippen molar-refractivity contribution in [3.8, 4) is 12.1 Å². The average molecular weight is 406 g/mol. The Morgan fingerprint density at radius 2 is 1.00 bits per heavy atom. The van der Waals surface area contributed by atoms with Crippen LogP contribution in [0, 0.1) is 22.7 Å². The molecule has 0 aliphatic heterocycles. The summed E-state index contributed by atoms with van der Waals surface area (Å²) < 4.78 is 0. The van der Waals surface area contributed by atoms with Gasteiger partial charge in [0.2, 0.25) is 0 Å². The molecule has 30 heavy (non-hydrogen) atoms. The van der Waals surface area contributed by atoms with Crippen LogP contribution in [0.2, 0.25) is 0 Å². The molecule has 0 fully saturated rings. The first-order valence-electron chi connectivity index (χ1n) is 8.90. The molecule has 0 spiro atoms. The Bertz CT molecular complexity index is 877. The van der Waals surface area contributed by atoms with Crippen molar-refractivity contribution in [1.82, 2.24) is 0 Å². The van der Waals surface area contributed by atoms with Gasteiger partial charge in [0.05, 0.1) is 23.3 Å². The smallest absolute Gasteiger partial charge is 0.242 e. The van der Waals surface area contributed by atoms with Gasteiger partial charge in [-0.15, -0.1) is 0 Å². The summed E-state index contributed by atoms with van der Waals surface area (Å²) in [7, 11) is 0. The highest BCUT2D eigenvalue weighted by Crippen LogP contribution is 2.13. The fourth-order valence-corrected chi connectivity index (χ4v) is 1.62. The van der Waals surface area contributed by atoms with Crippen LogP contribution >= 0.6 is 0 Å². The van der Waals surface area contributed by atoms with Crippen molar-refractivity contribution >= 4 is 11.9 Å². The second-order valence-corrected chi connectivity index (χ2v) is 7.02. The lowest BCUT2D eigenvalue weighted by molar-refractivity contribution is -0.187. The first kappa shape index (κ1) is 24.0. The maximum atomic E-state index is 11.5. The number of carbonyl (C=O) groups excluding carboxylic acids is 2. The van der Waals surface area contributed by atoms with Crippen LogP contribution in [0.25, 0.3) is 0 Å². The molecule has 0 atom stereocenters. The quantitative estimate of drug-likeness (QED) is 0.413. The van der Waals surface area contributed by atoms with Gasteiger partial charge in [-0.2, -0.15) is 20.8 Å². The molecule has 0 aromatic heterocycles. The minimum Gasteiger partial charge on any atom is -0.242 e. The first-order valence-corrected chi connectivity index (χ1v) is 8.90. The third-order valence-corrected chi connectivity index (χ3v) is 3.31. The van der Waals surface area contributed by atoms with Crippen molar-refractivity contribution in [2.45, 2.75) is 38.8 Å². The summed E-state index contributed by atoms with van der Waals surface area (Å²) >= 11 is 0. The van der Waals surface area contributed by atoms with Crippen LogP contribution in [0.1, 0.15) is 48.4 Å². The third kappa shape index (κ3) is 8.77. The highest BCUT2D eigenvalue weighted by molar-refractivity contribution is 5.92. The molecule has 0 heterocycles. The van der Waals surface area contributed by atoms with Crippen molar-refractivity contribution in [1.29, 1.82) is 10.5 Å². The maximum Gasteiger partial charge on any atom is 0.386 e. The van der Waals surface area contributed by atoms with Crippen molar-refractivity contribution in [3.63, 3.8) is 0 Å². The van der Waals surface area contributed by atoms with Gasteiger partial charge in [0, 0.05) is 0 Å². The number of rotatable bonds is 4. The third-order valence-electron chi connectivity index (χ3n) is 3.31. The van der Waals surface area contributed by atoms with Crippen LogP contribution in [0.3, 0.4) is 0 Å². The van der Waals surface area contributed by atoms with Crippen molar-refractivity contribution in [2.24, 2.45) is 10.2 Å². The summed E-state index contributed by atoms with van der Waals surface area (Å²) in [6.07, 6.45) is 0. The number of benzene rings is 2. The minimum absolute atomic E-state index is 0.318. The molecule has 0 radical (unpaired) electrons. The molecule has 0 saturated heterocycles. The number of carbonyl (C=O) groups is 2. The van der Waals surface area contributed by atoms with Gasteiger partial charge >= 0.3 is 11.9 Å². The van der Waals surface area contributed by atoms with Gasteiger partial charge in [0.15, 0.2) is 11.1 Å². The number of azo groups is 1. The van der Waals surface area contributed by atoms with Crippen LogP contribution in [-0.4, -0.2) is 23.0 Å². The Morgan fingerprint density at radius 3 is 1.27 bits per heavy atom. The average Bonchev–Trinajstić information content (AvgIpc) is 2.77. The van der Waals surface area contributed by atoms with Crippen LogP contribution in [0.4, 0.5) is 0 Å². The fourth-order valence-electron chi connectivity index (χ4n) is 1.62. The molecular formula is C22H22N4O4. The molecule has 8 heteroatoms. The number of hydrogen-bond acceptors (Lipinski definition) is 8. The highest BCUT2D eigenvalue weighted by Gasteiger charge is 2.19. The molecule has 0 unspecified atom stereocenters. The van der Waals surface area contributed by atoms with E-state index in [-0.39, 0.29) is 0 Å². The second kappa shape index (κ2) is 11.1. The molecule has 2 rings (SSSR count). The van der Waals surface area contributed by atoms with Gasteiger partial charge in [-0.05, 0) is 52.0 Å². The summed E-state index contributed by atoms with van der Waals surface area (Å²) in [5.41, 5.74) is -1.04. The molecule has 2 aromatic rings. The Labute approximate surface area is 175 Å². The van der Waals surface area contributed by atoms with Gasteiger partial charge in [-0.25, -0.2) is 19.4 Å². The van der Waals surface area contributed by atoms with E-state index < -0.39 is 23.0 Å². The summed E-state index contributed by atoms with van der Waals surface area (Å²) in [4.78, 5) is 31.9. The number of nitrogens with zero attached hydrogens (tertiary/aromatic N) is 4. The summed E-state index contributed by atoms with van der Waals surface area (Å²) in [6.45, 7) is 6.57. The monoisotopic (exact) mass is 406 g/mol. The fraction of sp³-hybridized carbons (Fsp3) is 0.273. The normalized spacial score (nSPS) is 10.7. The van der Waals surface area contributed by atoms with Crippen molar-refractivity contribution in [3.05, 3.63) is 71.8 Å². The molecule has 0 amide bonds. The highest BCUT2D eigenvalue weighted by atomic mass is 17.2. The second-order valence-electron chi connectivity index (χ2n) is 7.02. The van der Waals surface area contributed by atoms with Crippen LogP contribution in [0.15, 0.2) is 70.9 Å². The summed E-state index contributed by atoms with van der Waals surface area (Å²) in [5, 5.41) is 24.7. The zero-order valence-electron chi connectivity index (χ0n) is 17.2. The van der Waals surface area contributed by atoms with E-state index in [1.807, 2.05) is 12.1 Å². The SMILES string of the molecule is CC(C)(C#N)/N=N/C(C)(C)C#N.O=C(OOC(=O)c1ccccc1)c1ccccc1. The van der Waals surface area contributed by atoms with E-state index >= 15 is 0 Å². The van der Waals surface area contributed by atoms with Gasteiger partial charge in [0.1, 0.15) is 0 Å². The van der Waals surface area contributed by atoms with E-state index in [1.165, 1.54) is 0 Å². The molecule has 154 valence electrons. The molecule has 0 bridgehead atoms. The Balaban J connectivity index is 0.000000329. The standard InChI is InChI=1S/C14H10O4.C8H12N4/c15-13(11-7-3-1-4-8-11)17-18-14(16)12-9-5-2-6-10-12;1-7(2,5-9)11-12-8(3,4)6-10/h1-10H;1-4H3/b;12-11+. The van der Waals surface area contributed by atoms with E-state index in [0.29, 0.717) is 11.1 Å². The van der Waals surface area contributed by atoms with E-state index in [4.69, 9.17) is 10.5 Å². The molecule has 0 N–H and O–H groups in total. The Kier molecular flexibility index (Phi) is 8.86. The lowest BCUT2D eigenvalue weighted by Gasteiger charge is -2.11. The van der Waals surface area contributed by atoms with Crippen LogP contribution in [0.5, 0.6) is 0 Å². The molecule has 0 aliphatic rings. The van der Waals surface area contributed by atoms with E-state index in [9.17, 15) is 9.59 Å². The van der Waals surface area contributed by atoms with Gasteiger partial charge < -0.3 is 0 Å². The van der Waals surface area contributed by atoms with Crippen molar-refractivity contribution < 1.29 is 19.4 Å². The zero-order chi connectivity index (χ0) is 22.6. The largest absolute Gasteiger partial charge is 0.386 e. The Hall–Kier alpha value is -4.04. The van der Waals surface area contributed by atoms with Crippen molar-refractivity contribution in [2.75, 3.05) is 0 Å². The van der Waals surface area contributed by atoms with E-state index in [0.717, 1.165) is 0 Å². The first-order chi connectivity index (χ1) is 14.1. The van der Waals surface area contributed by atoms with Crippen LogP contribution in [-0.2, 0) is 9.78 Å². The van der Waals surface area contributed by atoms with Gasteiger partial charge in [0.25, 0.3) is 0 Å². The van der Waals surface area contributed by atoms with E-state index in [2.05, 4.69) is 20.0 Å². The number of hydrogen-bond donors (Lipinski definition) is 0. The summed E-state index contributed by atoms with van der Waals surface area (Å²) in [6, 6.07) is 20.5. The van der Waals surface area contributed by atoms with Crippen LogP contribution < -0.4 is 0 Å². The van der Waals surface area contributed by atoms with Gasteiger partial charge in [-0.1, -0.05) is 36.4 Å². The lowest BCUT2D eigenvalue weighted by atomic mass is 10.1. The predicted molar refractivity (Wildman–Crippen MR) is 108 cm³/mol. The summed E-state index contributed by atoms with van der Waals surface area (Å²) in [5.74, 6) is -1.42. The molecule has 2 aromatic carbocycles. The Morgan fingerprint density at radius 1 is 0.700 bits per heavy atom. The molecule has 0 saturated carbocycles. The minimum atomic E-state index is -0.839. The molecule has 8 nitrogen and oxygen atoms in total. The molecule has 0 aliphatic carbocycles. The number of nitriles is 2. The topological polar surface area (TPSA) is 125 Å².